The van der Waals surface area contributed by atoms with Gasteiger partial charge in [0.15, 0.2) is 5.96 Å². The highest BCUT2D eigenvalue weighted by atomic mass is 127. The molecule has 1 unspecified atom stereocenters. The summed E-state index contributed by atoms with van der Waals surface area (Å²) in [5.74, 6) is 2.11. The van der Waals surface area contributed by atoms with Gasteiger partial charge in [0.1, 0.15) is 12.3 Å². The van der Waals surface area contributed by atoms with E-state index < -0.39 is 0 Å². The molecule has 7 heteroatoms. The molecule has 6 nitrogen and oxygen atoms in total. The number of aromatic nitrogens is 2. The molecular weight excluding hydrogens is 417 g/mol. The van der Waals surface area contributed by atoms with Crippen LogP contribution in [0.15, 0.2) is 33.9 Å². The lowest BCUT2D eigenvalue weighted by molar-refractivity contribution is 0.435. The van der Waals surface area contributed by atoms with Gasteiger partial charge in [-0.05, 0) is 44.9 Å². The Hall–Kier alpha value is -1.51. The smallest absolute Gasteiger partial charge is 0.191 e. The predicted octanol–water partition coefficient (Wildman–Crippen LogP) is 3.10. The summed E-state index contributed by atoms with van der Waals surface area (Å²) in [6.45, 7) is 11.5. The first-order valence-electron chi connectivity index (χ1n) is 8.14. The zero-order chi connectivity index (χ0) is 16.7. The fraction of sp³-hybridized carbons (Fsp3) is 0.529. The molecule has 2 aromatic heterocycles. The molecule has 1 atom stereocenters. The second-order valence-electron chi connectivity index (χ2n) is 5.87. The van der Waals surface area contributed by atoms with Gasteiger partial charge in [-0.25, -0.2) is 4.99 Å². The van der Waals surface area contributed by atoms with Gasteiger partial charge in [0.2, 0.25) is 0 Å². The number of guanidine groups is 1. The number of halogens is 1. The van der Waals surface area contributed by atoms with Crippen molar-refractivity contribution in [1.82, 2.24) is 20.4 Å². The van der Waals surface area contributed by atoms with Crippen molar-refractivity contribution in [2.24, 2.45) is 10.9 Å². The average Bonchev–Trinajstić information content (AvgIpc) is 3.12. The molecule has 0 radical (unpaired) electrons. The largest absolute Gasteiger partial charge is 0.467 e. The molecule has 2 heterocycles. The summed E-state index contributed by atoms with van der Waals surface area (Å²) in [4.78, 5) is 4.53. The van der Waals surface area contributed by atoms with Crippen molar-refractivity contribution in [2.45, 2.75) is 40.8 Å². The van der Waals surface area contributed by atoms with Crippen molar-refractivity contribution in [3.8, 4) is 0 Å². The lowest BCUT2D eigenvalue weighted by Gasteiger charge is -2.16. The van der Waals surface area contributed by atoms with Crippen LogP contribution < -0.4 is 10.6 Å². The molecule has 0 aliphatic carbocycles. The molecule has 2 aromatic rings. The van der Waals surface area contributed by atoms with Crippen LogP contribution in [0.2, 0.25) is 0 Å². The van der Waals surface area contributed by atoms with Crippen LogP contribution in [0.25, 0.3) is 0 Å². The van der Waals surface area contributed by atoms with Gasteiger partial charge in [0, 0.05) is 25.3 Å². The number of nitrogens with zero attached hydrogens (tertiary/aromatic N) is 3. The number of hydrogen-bond acceptors (Lipinski definition) is 3. The first-order chi connectivity index (χ1) is 11.1. The highest BCUT2D eigenvalue weighted by Crippen LogP contribution is 2.06. The van der Waals surface area contributed by atoms with E-state index in [1.807, 2.05) is 19.1 Å². The minimum atomic E-state index is 0. The maximum Gasteiger partial charge on any atom is 0.191 e. The van der Waals surface area contributed by atoms with Crippen LogP contribution in [-0.2, 0) is 13.1 Å². The first kappa shape index (κ1) is 20.5. The Morgan fingerprint density at radius 2 is 2.17 bits per heavy atom. The van der Waals surface area contributed by atoms with Crippen LogP contribution in [0.1, 0.15) is 31.0 Å². The summed E-state index contributed by atoms with van der Waals surface area (Å²) in [6, 6.07) is 5.91. The van der Waals surface area contributed by atoms with Gasteiger partial charge in [-0.15, -0.1) is 24.0 Å². The third-order valence-corrected chi connectivity index (χ3v) is 3.52. The molecule has 0 aromatic carbocycles. The molecule has 0 saturated carbocycles. The Morgan fingerprint density at radius 3 is 2.75 bits per heavy atom. The van der Waals surface area contributed by atoms with E-state index in [1.54, 1.807) is 6.26 Å². The van der Waals surface area contributed by atoms with Crippen molar-refractivity contribution in [3.05, 3.63) is 41.6 Å². The topological polar surface area (TPSA) is 67.4 Å². The van der Waals surface area contributed by atoms with E-state index in [9.17, 15) is 0 Å². The third-order valence-electron chi connectivity index (χ3n) is 3.52. The van der Waals surface area contributed by atoms with E-state index in [1.165, 1.54) is 5.69 Å². The molecule has 2 N–H and O–H groups in total. The molecule has 0 aliphatic heterocycles. The molecule has 2 rings (SSSR count). The minimum Gasteiger partial charge on any atom is -0.467 e. The number of furan rings is 1. The lowest BCUT2D eigenvalue weighted by atomic mass is 10.2. The first-order valence-corrected chi connectivity index (χ1v) is 8.14. The normalized spacial score (nSPS) is 12.6. The summed E-state index contributed by atoms with van der Waals surface area (Å²) in [5.41, 5.74) is 2.27. The summed E-state index contributed by atoms with van der Waals surface area (Å²) in [6.07, 6.45) is 1.67. The van der Waals surface area contributed by atoms with Gasteiger partial charge < -0.3 is 15.1 Å². The monoisotopic (exact) mass is 445 g/mol. The number of hydrogen-bond donors (Lipinski definition) is 2. The fourth-order valence-electron chi connectivity index (χ4n) is 2.39. The summed E-state index contributed by atoms with van der Waals surface area (Å²) in [5, 5.41) is 11.2. The molecule has 0 saturated heterocycles. The molecular formula is C17H28IN5O. The highest BCUT2D eigenvalue weighted by molar-refractivity contribution is 14.0. The maximum atomic E-state index is 5.31. The second kappa shape index (κ2) is 10.4. The van der Waals surface area contributed by atoms with Crippen LogP contribution in [0.5, 0.6) is 0 Å². The van der Waals surface area contributed by atoms with E-state index in [-0.39, 0.29) is 24.0 Å². The maximum absolute atomic E-state index is 5.31. The van der Waals surface area contributed by atoms with Gasteiger partial charge in [0.05, 0.1) is 12.0 Å². The fourth-order valence-corrected chi connectivity index (χ4v) is 2.39. The van der Waals surface area contributed by atoms with Crippen LogP contribution in [0.4, 0.5) is 0 Å². The van der Waals surface area contributed by atoms with Gasteiger partial charge in [-0.3, -0.25) is 4.68 Å². The Morgan fingerprint density at radius 1 is 1.38 bits per heavy atom. The molecule has 134 valence electrons. The summed E-state index contributed by atoms with van der Waals surface area (Å²) in [7, 11) is 0. The minimum absolute atomic E-state index is 0. The zero-order valence-corrected chi connectivity index (χ0v) is 17.2. The molecule has 0 amide bonds. The van der Waals surface area contributed by atoms with Crippen molar-refractivity contribution in [3.63, 3.8) is 0 Å². The van der Waals surface area contributed by atoms with E-state index in [2.05, 4.69) is 52.2 Å². The lowest BCUT2D eigenvalue weighted by Crippen LogP contribution is -2.40. The molecule has 0 fully saturated rings. The van der Waals surface area contributed by atoms with E-state index in [0.717, 1.165) is 37.0 Å². The predicted molar refractivity (Wildman–Crippen MR) is 108 cm³/mol. The van der Waals surface area contributed by atoms with Crippen LogP contribution in [0.3, 0.4) is 0 Å². The van der Waals surface area contributed by atoms with Crippen LogP contribution in [-0.4, -0.2) is 28.8 Å². The van der Waals surface area contributed by atoms with Crippen molar-refractivity contribution >= 4 is 29.9 Å². The Bertz CT molecular complexity index is 621. The standard InChI is InChI=1S/C17H27N5O.HI/c1-5-18-17(20-11-16-7-6-8-23-16)19-10-13(2)12-22-15(4)9-14(3)21-22;/h6-9,13H,5,10-12H2,1-4H3,(H2,18,19,20);1H. The van der Waals surface area contributed by atoms with Crippen molar-refractivity contribution in [2.75, 3.05) is 13.1 Å². The number of rotatable bonds is 7. The molecule has 0 bridgehead atoms. The van der Waals surface area contributed by atoms with Crippen molar-refractivity contribution < 1.29 is 4.42 Å². The van der Waals surface area contributed by atoms with Crippen LogP contribution >= 0.6 is 24.0 Å². The molecule has 24 heavy (non-hydrogen) atoms. The Balaban J connectivity index is 0.00000288. The Labute approximate surface area is 161 Å². The summed E-state index contributed by atoms with van der Waals surface area (Å²) < 4.78 is 7.37. The molecule has 0 spiro atoms. The van der Waals surface area contributed by atoms with E-state index in [4.69, 9.17) is 4.42 Å². The summed E-state index contributed by atoms with van der Waals surface area (Å²) >= 11 is 0. The van der Waals surface area contributed by atoms with Gasteiger partial charge in [-0.1, -0.05) is 6.92 Å². The highest BCUT2D eigenvalue weighted by Gasteiger charge is 2.08. The van der Waals surface area contributed by atoms with E-state index in [0.29, 0.717) is 12.5 Å². The average molecular weight is 445 g/mol. The number of aryl methyl sites for hydroxylation is 2. The second-order valence-corrected chi connectivity index (χ2v) is 5.87. The number of aliphatic imine (C=N–C) groups is 1. The van der Waals surface area contributed by atoms with Gasteiger partial charge >= 0.3 is 0 Å². The quantitative estimate of drug-likeness (QED) is 0.391. The zero-order valence-electron chi connectivity index (χ0n) is 14.9. The SMILES string of the molecule is CCNC(=NCc1ccco1)NCC(C)Cn1nc(C)cc1C.I. The number of nitrogens with one attached hydrogen (secondary N) is 2. The molecule has 0 aliphatic rings. The van der Waals surface area contributed by atoms with Gasteiger partial charge in [0.25, 0.3) is 0 Å². The Kier molecular flexibility index (Phi) is 8.88. The van der Waals surface area contributed by atoms with Crippen LogP contribution in [0, 0.1) is 19.8 Å². The van der Waals surface area contributed by atoms with Gasteiger partial charge in [-0.2, -0.15) is 5.10 Å². The third kappa shape index (κ3) is 6.54. The van der Waals surface area contributed by atoms with Crippen molar-refractivity contribution in [1.29, 1.82) is 0 Å². The van der Waals surface area contributed by atoms with E-state index >= 15 is 0 Å².